The van der Waals surface area contributed by atoms with Crippen molar-refractivity contribution in [1.29, 1.82) is 0 Å². The molecule has 4 rings (SSSR count). The maximum Gasteiger partial charge on any atom is 0.338 e. The van der Waals surface area contributed by atoms with E-state index in [2.05, 4.69) is 33.7 Å². The first-order valence-corrected chi connectivity index (χ1v) is 11.1. The second kappa shape index (κ2) is 10.0. The van der Waals surface area contributed by atoms with Crippen molar-refractivity contribution in [2.75, 3.05) is 26.2 Å². The van der Waals surface area contributed by atoms with E-state index in [4.69, 9.17) is 16.3 Å². The van der Waals surface area contributed by atoms with Gasteiger partial charge in [-0.15, -0.1) is 0 Å². The van der Waals surface area contributed by atoms with Crippen molar-refractivity contribution < 1.29 is 14.3 Å². The first kappa shape index (κ1) is 22.1. The Morgan fingerprint density at radius 2 is 1.91 bits per heavy atom. The molecule has 32 heavy (non-hydrogen) atoms. The predicted molar refractivity (Wildman–Crippen MR) is 125 cm³/mol. The van der Waals surface area contributed by atoms with Crippen molar-refractivity contribution in [3.05, 3.63) is 88.1 Å². The molecular weight excluding hydrogens is 426 g/mol. The zero-order valence-corrected chi connectivity index (χ0v) is 18.7. The fourth-order valence-electron chi connectivity index (χ4n) is 4.09. The summed E-state index contributed by atoms with van der Waals surface area (Å²) in [5.74, 6) is -0.438. The minimum absolute atomic E-state index is 0.254. The molecule has 0 saturated heterocycles. The lowest BCUT2D eigenvalue weighted by Crippen LogP contribution is -2.48. The molecular formula is C25H26ClN3O3. The van der Waals surface area contributed by atoms with E-state index in [0.29, 0.717) is 22.8 Å². The Hall–Kier alpha value is -3.09. The number of urea groups is 1. The maximum atomic E-state index is 12.9. The number of carbonyl (C=O) groups excluding carboxylic acids is 2. The highest BCUT2D eigenvalue weighted by molar-refractivity contribution is 6.30. The molecule has 6 nitrogen and oxygen atoms in total. The zero-order chi connectivity index (χ0) is 22.5. The van der Waals surface area contributed by atoms with Gasteiger partial charge >= 0.3 is 12.0 Å². The number of nitrogens with zero attached hydrogens (tertiary/aromatic N) is 1. The molecule has 0 spiro atoms. The fourth-order valence-corrected chi connectivity index (χ4v) is 4.22. The molecule has 2 aliphatic heterocycles. The predicted octanol–water partition coefficient (Wildman–Crippen LogP) is 4.30. The second-order valence-corrected chi connectivity index (χ2v) is 8.21. The van der Waals surface area contributed by atoms with Crippen molar-refractivity contribution in [2.24, 2.45) is 0 Å². The van der Waals surface area contributed by atoms with Crippen LogP contribution in [0.15, 0.2) is 71.9 Å². The Labute approximate surface area is 192 Å². The smallest absolute Gasteiger partial charge is 0.338 e. The number of hydrogen-bond acceptors (Lipinski definition) is 4. The quantitative estimate of drug-likeness (QED) is 0.642. The van der Waals surface area contributed by atoms with Crippen LogP contribution >= 0.6 is 11.6 Å². The maximum absolute atomic E-state index is 12.9. The van der Waals surface area contributed by atoms with Gasteiger partial charge in [0.05, 0.1) is 18.2 Å². The van der Waals surface area contributed by atoms with Crippen LogP contribution in [0, 0.1) is 0 Å². The molecule has 1 atom stereocenters. The third-order valence-electron chi connectivity index (χ3n) is 5.67. The third-order valence-corrected chi connectivity index (χ3v) is 5.92. The second-order valence-electron chi connectivity index (χ2n) is 7.78. The van der Waals surface area contributed by atoms with Crippen LogP contribution in [0.5, 0.6) is 0 Å². The number of rotatable bonds is 6. The van der Waals surface area contributed by atoms with E-state index in [1.807, 2.05) is 30.3 Å². The van der Waals surface area contributed by atoms with Crippen LogP contribution < -0.4 is 10.6 Å². The standard InChI is InChI=1S/C25H26ClN3O3/c1-2-32-24(30)22-21(27-25(31)28-23(22)19-8-10-20(26)11-9-19)16-29-14-12-18(13-15-29)17-6-4-3-5-7-17/h3-12,23H,2,13-16H2,1H3,(H2,27,28,31). The van der Waals surface area contributed by atoms with Crippen molar-refractivity contribution in [2.45, 2.75) is 19.4 Å². The van der Waals surface area contributed by atoms with E-state index in [9.17, 15) is 9.59 Å². The van der Waals surface area contributed by atoms with E-state index < -0.39 is 12.0 Å². The molecule has 1 unspecified atom stereocenters. The van der Waals surface area contributed by atoms with Gasteiger partial charge in [-0.25, -0.2) is 9.59 Å². The highest BCUT2D eigenvalue weighted by Crippen LogP contribution is 2.30. The molecule has 0 aromatic heterocycles. The lowest BCUT2D eigenvalue weighted by Gasteiger charge is -2.33. The Balaban J connectivity index is 1.60. The van der Waals surface area contributed by atoms with Gasteiger partial charge < -0.3 is 15.4 Å². The van der Waals surface area contributed by atoms with Gasteiger partial charge in [0.15, 0.2) is 0 Å². The van der Waals surface area contributed by atoms with Gasteiger partial charge in [-0.05, 0) is 42.2 Å². The Bertz CT molecular complexity index is 1050. The van der Waals surface area contributed by atoms with Crippen LogP contribution in [0.3, 0.4) is 0 Å². The van der Waals surface area contributed by atoms with Crippen LogP contribution in [0.4, 0.5) is 4.79 Å². The van der Waals surface area contributed by atoms with Gasteiger partial charge in [0.25, 0.3) is 0 Å². The minimum Gasteiger partial charge on any atom is -0.463 e. The number of halogens is 1. The summed E-state index contributed by atoms with van der Waals surface area (Å²) >= 11 is 6.03. The summed E-state index contributed by atoms with van der Waals surface area (Å²) in [4.78, 5) is 27.6. The SMILES string of the molecule is CCOC(=O)C1=C(CN2CC=C(c3ccccc3)CC2)NC(=O)NC1c1ccc(Cl)cc1. The van der Waals surface area contributed by atoms with Gasteiger partial charge in [-0.1, -0.05) is 60.1 Å². The first-order valence-electron chi connectivity index (χ1n) is 10.7. The number of benzene rings is 2. The minimum atomic E-state index is -0.602. The van der Waals surface area contributed by atoms with Gasteiger partial charge in [0.2, 0.25) is 0 Å². The van der Waals surface area contributed by atoms with Crippen LogP contribution in [0.25, 0.3) is 5.57 Å². The Morgan fingerprint density at radius 3 is 2.56 bits per heavy atom. The number of nitrogens with one attached hydrogen (secondary N) is 2. The monoisotopic (exact) mass is 451 g/mol. The normalized spacial score (nSPS) is 19.1. The summed E-state index contributed by atoms with van der Waals surface area (Å²) in [6.07, 6.45) is 3.11. The third kappa shape index (κ3) is 5.03. The Kier molecular flexibility index (Phi) is 6.93. The number of hydrogen-bond donors (Lipinski definition) is 2. The average Bonchev–Trinajstić information content (AvgIpc) is 2.80. The van der Waals surface area contributed by atoms with Crippen LogP contribution in [-0.4, -0.2) is 43.1 Å². The van der Waals surface area contributed by atoms with E-state index in [0.717, 1.165) is 25.1 Å². The molecule has 0 radical (unpaired) electrons. The van der Waals surface area contributed by atoms with Gasteiger partial charge in [-0.2, -0.15) is 0 Å². The molecule has 2 amide bonds. The Morgan fingerprint density at radius 1 is 1.16 bits per heavy atom. The largest absolute Gasteiger partial charge is 0.463 e. The summed E-state index contributed by atoms with van der Waals surface area (Å²) in [5.41, 5.74) is 4.32. The molecule has 0 fully saturated rings. The molecule has 166 valence electrons. The van der Waals surface area contributed by atoms with Crippen LogP contribution in [-0.2, 0) is 9.53 Å². The summed E-state index contributed by atoms with van der Waals surface area (Å²) in [5, 5.41) is 6.29. The van der Waals surface area contributed by atoms with Crippen molar-refractivity contribution >= 4 is 29.2 Å². The number of carbonyl (C=O) groups is 2. The van der Waals surface area contributed by atoms with E-state index >= 15 is 0 Å². The van der Waals surface area contributed by atoms with Crippen LogP contribution in [0.2, 0.25) is 5.02 Å². The molecule has 2 aromatic rings. The summed E-state index contributed by atoms with van der Waals surface area (Å²) in [7, 11) is 0. The molecule has 2 heterocycles. The van der Waals surface area contributed by atoms with Crippen molar-refractivity contribution in [1.82, 2.24) is 15.5 Å². The van der Waals surface area contributed by atoms with E-state index in [-0.39, 0.29) is 12.6 Å². The molecule has 7 heteroatoms. The number of esters is 1. The molecule has 0 bridgehead atoms. The van der Waals surface area contributed by atoms with Crippen molar-refractivity contribution in [3.63, 3.8) is 0 Å². The van der Waals surface area contributed by atoms with Gasteiger partial charge in [0, 0.05) is 30.4 Å². The topological polar surface area (TPSA) is 70.7 Å². The van der Waals surface area contributed by atoms with E-state index in [1.54, 1.807) is 19.1 Å². The summed E-state index contributed by atoms with van der Waals surface area (Å²) < 4.78 is 5.34. The lowest BCUT2D eigenvalue weighted by atomic mass is 9.94. The van der Waals surface area contributed by atoms with Gasteiger partial charge in [-0.3, -0.25) is 4.90 Å². The van der Waals surface area contributed by atoms with Crippen LogP contribution in [0.1, 0.15) is 30.5 Å². The molecule has 2 aromatic carbocycles. The lowest BCUT2D eigenvalue weighted by molar-refractivity contribution is -0.139. The van der Waals surface area contributed by atoms with E-state index in [1.165, 1.54) is 11.1 Å². The van der Waals surface area contributed by atoms with Gasteiger partial charge in [0.1, 0.15) is 0 Å². The number of ether oxygens (including phenoxy) is 1. The molecule has 2 aliphatic rings. The molecule has 2 N–H and O–H groups in total. The zero-order valence-electron chi connectivity index (χ0n) is 17.9. The first-order chi connectivity index (χ1) is 15.5. The molecule has 0 saturated carbocycles. The molecule has 0 aliphatic carbocycles. The fraction of sp³-hybridized carbons (Fsp3) is 0.280. The average molecular weight is 452 g/mol. The number of amides is 2. The van der Waals surface area contributed by atoms with Crippen molar-refractivity contribution in [3.8, 4) is 0 Å². The highest BCUT2D eigenvalue weighted by atomic mass is 35.5. The summed E-state index contributed by atoms with van der Waals surface area (Å²) in [6, 6.07) is 16.5. The highest BCUT2D eigenvalue weighted by Gasteiger charge is 2.34. The summed E-state index contributed by atoms with van der Waals surface area (Å²) in [6.45, 7) is 4.03.